The Balaban J connectivity index is 1.56. The number of nitrogens with one attached hydrogen (secondary N) is 2. The van der Waals surface area contributed by atoms with Crippen LogP contribution in [0.3, 0.4) is 0 Å². The SMILES string of the molecule is CC(C)n1cnnc1CCNC(=O)c1ccc(-c2ccn[nH]2)cc1. The molecule has 0 spiro atoms. The highest BCUT2D eigenvalue weighted by Crippen LogP contribution is 2.16. The maximum absolute atomic E-state index is 12.2. The number of benzene rings is 1. The van der Waals surface area contributed by atoms with Gasteiger partial charge in [-0.2, -0.15) is 5.10 Å². The van der Waals surface area contributed by atoms with Crippen molar-refractivity contribution >= 4 is 5.91 Å². The maximum atomic E-state index is 12.2. The van der Waals surface area contributed by atoms with E-state index in [2.05, 4.69) is 39.6 Å². The predicted octanol–water partition coefficient (Wildman–Crippen LogP) is 2.22. The number of nitrogens with zero attached hydrogens (tertiary/aromatic N) is 4. The number of carbonyl (C=O) groups excluding carboxylic acids is 1. The number of amides is 1. The van der Waals surface area contributed by atoms with Crippen LogP contribution in [0.4, 0.5) is 0 Å². The van der Waals surface area contributed by atoms with Gasteiger partial charge in [-0.3, -0.25) is 9.89 Å². The Morgan fingerprint density at radius 3 is 2.71 bits per heavy atom. The molecule has 24 heavy (non-hydrogen) atoms. The minimum absolute atomic E-state index is 0.0956. The van der Waals surface area contributed by atoms with Crippen molar-refractivity contribution in [1.82, 2.24) is 30.3 Å². The smallest absolute Gasteiger partial charge is 0.251 e. The molecule has 1 aromatic carbocycles. The molecule has 0 saturated carbocycles. The van der Waals surface area contributed by atoms with Crippen LogP contribution < -0.4 is 5.32 Å². The van der Waals surface area contributed by atoms with Gasteiger partial charge in [0.05, 0.1) is 5.69 Å². The van der Waals surface area contributed by atoms with E-state index in [-0.39, 0.29) is 5.91 Å². The van der Waals surface area contributed by atoms with Crippen molar-refractivity contribution in [1.29, 1.82) is 0 Å². The normalized spacial score (nSPS) is 11.0. The van der Waals surface area contributed by atoms with Crippen molar-refractivity contribution in [3.8, 4) is 11.3 Å². The first-order valence-electron chi connectivity index (χ1n) is 7.91. The lowest BCUT2D eigenvalue weighted by Gasteiger charge is -2.10. The zero-order chi connectivity index (χ0) is 16.9. The molecule has 124 valence electrons. The van der Waals surface area contributed by atoms with Crippen LogP contribution in [0.15, 0.2) is 42.9 Å². The number of rotatable bonds is 6. The third kappa shape index (κ3) is 3.51. The van der Waals surface area contributed by atoms with Crippen LogP contribution in [-0.2, 0) is 6.42 Å². The molecule has 0 aliphatic rings. The Labute approximate surface area is 140 Å². The second kappa shape index (κ2) is 7.08. The van der Waals surface area contributed by atoms with Gasteiger partial charge in [-0.25, -0.2) is 0 Å². The van der Waals surface area contributed by atoms with E-state index in [0.29, 0.717) is 24.6 Å². The van der Waals surface area contributed by atoms with Crippen LogP contribution in [0.25, 0.3) is 11.3 Å². The number of hydrogen-bond donors (Lipinski definition) is 2. The Morgan fingerprint density at radius 2 is 2.04 bits per heavy atom. The monoisotopic (exact) mass is 324 g/mol. The second-order valence-corrected chi connectivity index (χ2v) is 5.80. The first-order valence-corrected chi connectivity index (χ1v) is 7.91. The average Bonchev–Trinajstić information content (AvgIpc) is 3.26. The van der Waals surface area contributed by atoms with Crippen molar-refractivity contribution in [3.63, 3.8) is 0 Å². The summed E-state index contributed by atoms with van der Waals surface area (Å²) in [5, 5.41) is 17.8. The molecular formula is C17H20N6O. The molecule has 3 rings (SSSR count). The van der Waals surface area contributed by atoms with E-state index in [4.69, 9.17) is 0 Å². The predicted molar refractivity (Wildman–Crippen MR) is 90.5 cm³/mol. The van der Waals surface area contributed by atoms with Crippen molar-refractivity contribution in [2.45, 2.75) is 26.3 Å². The molecule has 1 amide bonds. The molecule has 0 aliphatic carbocycles. The number of hydrogen-bond acceptors (Lipinski definition) is 4. The van der Waals surface area contributed by atoms with Gasteiger partial charge < -0.3 is 9.88 Å². The van der Waals surface area contributed by atoms with Gasteiger partial charge in [-0.05, 0) is 37.6 Å². The van der Waals surface area contributed by atoms with E-state index >= 15 is 0 Å². The molecule has 0 bridgehead atoms. The Bertz CT molecular complexity index is 789. The van der Waals surface area contributed by atoms with Crippen LogP contribution in [0.2, 0.25) is 0 Å². The highest BCUT2D eigenvalue weighted by Gasteiger charge is 2.09. The summed E-state index contributed by atoms with van der Waals surface area (Å²) in [7, 11) is 0. The standard InChI is InChI=1S/C17H20N6O/c1-12(2)23-11-20-22-16(23)8-9-18-17(24)14-5-3-13(4-6-14)15-7-10-19-21-15/h3-7,10-12H,8-9H2,1-2H3,(H,18,24)(H,19,21). The fourth-order valence-corrected chi connectivity index (χ4v) is 2.48. The van der Waals surface area contributed by atoms with Crippen LogP contribution >= 0.6 is 0 Å². The summed E-state index contributed by atoms with van der Waals surface area (Å²) in [5.41, 5.74) is 2.55. The van der Waals surface area contributed by atoms with E-state index in [1.165, 1.54) is 0 Å². The summed E-state index contributed by atoms with van der Waals surface area (Å²) in [6.45, 7) is 4.67. The number of carbonyl (C=O) groups is 1. The fraction of sp³-hybridized carbons (Fsp3) is 0.294. The van der Waals surface area contributed by atoms with Gasteiger partial charge in [0.15, 0.2) is 0 Å². The summed E-state index contributed by atoms with van der Waals surface area (Å²) < 4.78 is 2.01. The Morgan fingerprint density at radius 1 is 1.25 bits per heavy atom. The zero-order valence-corrected chi connectivity index (χ0v) is 13.7. The van der Waals surface area contributed by atoms with Gasteiger partial charge in [0.25, 0.3) is 5.91 Å². The molecule has 0 saturated heterocycles. The van der Waals surface area contributed by atoms with Gasteiger partial charge in [-0.15, -0.1) is 10.2 Å². The summed E-state index contributed by atoms with van der Waals surface area (Å²) in [6, 6.07) is 9.61. The zero-order valence-electron chi connectivity index (χ0n) is 13.7. The number of H-pyrrole nitrogens is 1. The summed E-state index contributed by atoms with van der Waals surface area (Å²) >= 11 is 0. The van der Waals surface area contributed by atoms with Gasteiger partial charge in [-0.1, -0.05) is 12.1 Å². The molecule has 7 nitrogen and oxygen atoms in total. The van der Waals surface area contributed by atoms with Crippen molar-refractivity contribution in [2.24, 2.45) is 0 Å². The molecule has 0 fully saturated rings. The molecule has 2 N–H and O–H groups in total. The minimum Gasteiger partial charge on any atom is -0.352 e. The van der Waals surface area contributed by atoms with Crippen molar-refractivity contribution in [3.05, 3.63) is 54.2 Å². The Kier molecular flexibility index (Phi) is 4.69. The molecule has 0 radical (unpaired) electrons. The molecule has 7 heteroatoms. The largest absolute Gasteiger partial charge is 0.352 e. The first kappa shape index (κ1) is 15.9. The maximum Gasteiger partial charge on any atom is 0.251 e. The topological polar surface area (TPSA) is 88.5 Å². The lowest BCUT2D eigenvalue weighted by molar-refractivity contribution is 0.0954. The van der Waals surface area contributed by atoms with Crippen LogP contribution in [0.5, 0.6) is 0 Å². The molecule has 0 aliphatic heterocycles. The molecule has 0 unspecified atom stereocenters. The molecule has 2 heterocycles. The van der Waals surface area contributed by atoms with Gasteiger partial charge in [0.1, 0.15) is 12.2 Å². The van der Waals surface area contributed by atoms with Crippen LogP contribution in [0.1, 0.15) is 36.1 Å². The van der Waals surface area contributed by atoms with Crippen molar-refractivity contribution in [2.75, 3.05) is 6.54 Å². The molecule has 3 aromatic rings. The van der Waals surface area contributed by atoms with Gasteiger partial charge in [0.2, 0.25) is 0 Å². The van der Waals surface area contributed by atoms with E-state index in [9.17, 15) is 4.79 Å². The van der Waals surface area contributed by atoms with Crippen molar-refractivity contribution < 1.29 is 4.79 Å². The summed E-state index contributed by atoms with van der Waals surface area (Å²) in [5.74, 6) is 0.779. The Hall–Kier alpha value is -2.96. The van der Waals surface area contributed by atoms with Gasteiger partial charge >= 0.3 is 0 Å². The number of aromatic amines is 1. The number of aromatic nitrogens is 5. The molecular weight excluding hydrogens is 304 g/mol. The fourth-order valence-electron chi connectivity index (χ4n) is 2.48. The third-order valence-electron chi connectivity index (χ3n) is 3.80. The van der Waals surface area contributed by atoms with Gasteiger partial charge in [0, 0.05) is 30.8 Å². The van der Waals surface area contributed by atoms with E-state index in [1.54, 1.807) is 12.5 Å². The second-order valence-electron chi connectivity index (χ2n) is 5.80. The average molecular weight is 324 g/mol. The van der Waals surface area contributed by atoms with Crippen LogP contribution in [0, 0.1) is 0 Å². The lowest BCUT2D eigenvalue weighted by Crippen LogP contribution is -2.26. The summed E-state index contributed by atoms with van der Waals surface area (Å²) in [6.07, 6.45) is 4.07. The minimum atomic E-state index is -0.0956. The quantitative estimate of drug-likeness (QED) is 0.727. The summed E-state index contributed by atoms with van der Waals surface area (Å²) in [4.78, 5) is 12.2. The van der Waals surface area contributed by atoms with E-state index in [0.717, 1.165) is 17.1 Å². The first-order chi connectivity index (χ1) is 11.6. The lowest BCUT2D eigenvalue weighted by atomic mass is 10.1. The highest BCUT2D eigenvalue weighted by molar-refractivity contribution is 5.94. The van der Waals surface area contributed by atoms with E-state index in [1.807, 2.05) is 34.9 Å². The highest BCUT2D eigenvalue weighted by atomic mass is 16.1. The molecule has 2 aromatic heterocycles. The van der Waals surface area contributed by atoms with Crippen LogP contribution in [-0.4, -0.2) is 37.4 Å². The molecule has 0 atom stereocenters. The van der Waals surface area contributed by atoms with E-state index < -0.39 is 0 Å². The third-order valence-corrected chi connectivity index (χ3v) is 3.80.